The summed E-state index contributed by atoms with van der Waals surface area (Å²) in [5.41, 5.74) is 2.58. The Morgan fingerprint density at radius 2 is 2.19 bits per heavy atom. The van der Waals surface area contributed by atoms with Crippen molar-refractivity contribution in [3.63, 3.8) is 0 Å². The quantitative estimate of drug-likeness (QED) is 0.266. The van der Waals surface area contributed by atoms with Crippen molar-refractivity contribution in [1.82, 2.24) is 10.7 Å². The molecule has 0 bridgehead atoms. The van der Waals surface area contributed by atoms with Crippen LogP contribution in [0.25, 0.3) is 0 Å². The maximum absolute atomic E-state index is 5.40. The molecule has 0 saturated carbocycles. The zero-order valence-corrected chi connectivity index (χ0v) is 11.4. The average molecular weight is 248 g/mol. The van der Waals surface area contributed by atoms with Crippen LogP contribution in [0.5, 0.6) is 0 Å². The number of hydrazine groups is 1. The third-order valence-electron chi connectivity index (χ3n) is 2.03. The number of thioether (sulfide) groups is 1. The lowest BCUT2D eigenvalue weighted by Gasteiger charge is -2.17. The minimum Gasteiger partial charge on any atom is -0.383 e. The molecule has 0 amide bonds. The Morgan fingerprint density at radius 3 is 2.69 bits per heavy atom. The number of hydrogen-bond donors (Lipinski definition) is 3. The number of nitrogens with one attached hydrogen (secondary N) is 2. The van der Waals surface area contributed by atoms with Crippen molar-refractivity contribution >= 4 is 17.7 Å². The molecule has 0 saturated heterocycles. The zero-order chi connectivity index (χ0) is 12.4. The van der Waals surface area contributed by atoms with Gasteiger partial charge in [-0.1, -0.05) is 0 Å². The Labute approximate surface area is 103 Å². The number of rotatable bonds is 7. The van der Waals surface area contributed by atoms with Gasteiger partial charge in [-0.25, -0.2) is 10.8 Å². The number of nitrogens with two attached hydrogens (primary N) is 1. The van der Waals surface area contributed by atoms with E-state index in [1.807, 2.05) is 18.7 Å². The molecule has 5 nitrogen and oxygen atoms in total. The second-order valence-electron chi connectivity index (χ2n) is 3.75. The van der Waals surface area contributed by atoms with Crippen LogP contribution in [-0.4, -0.2) is 43.8 Å². The summed E-state index contributed by atoms with van der Waals surface area (Å²) in [6, 6.07) is 0.452. The van der Waals surface area contributed by atoms with Crippen molar-refractivity contribution in [2.24, 2.45) is 10.8 Å². The molecule has 0 fully saturated rings. The summed E-state index contributed by atoms with van der Waals surface area (Å²) in [6.45, 7) is 4.72. The van der Waals surface area contributed by atoms with Crippen LogP contribution < -0.4 is 16.6 Å². The zero-order valence-electron chi connectivity index (χ0n) is 10.6. The standard InChI is InChI=1S/C10H24N4OS/c1-8(5-6-16-4)12-10(14-11)13-9(2)7-15-3/h8-9H,5-7,11H2,1-4H3,(H2,12,13,14). The third-order valence-corrected chi connectivity index (χ3v) is 2.67. The molecule has 0 rings (SSSR count). The molecule has 0 aliphatic heterocycles. The van der Waals surface area contributed by atoms with E-state index < -0.39 is 0 Å². The van der Waals surface area contributed by atoms with Crippen molar-refractivity contribution in [2.45, 2.75) is 32.4 Å². The molecule has 96 valence electrons. The minimum atomic E-state index is 0.188. The van der Waals surface area contributed by atoms with Gasteiger partial charge in [0.2, 0.25) is 5.96 Å². The highest BCUT2D eigenvalue weighted by atomic mass is 32.2. The fraction of sp³-hybridized carbons (Fsp3) is 0.900. The molecule has 2 unspecified atom stereocenters. The number of ether oxygens (including phenoxy) is 1. The summed E-state index contributed by atoms with van der Waals surface area (Å²) in [5.74, 6) is 7.14. The maximum Gasteiger partial charge on any atom is 0.206 e. The lowest BCUT2D eigenvalue weighted by Crippen LogP contribution is -2.47. The van der Waals surface area contributed by atoms with Crippen molar-refractivity contribution in [3.8, 4) is 0 Å². The van der Waals surface area contributed by atoms with E-state index >= 15 is 0 Å². The van der Waals surface area contributed by atoms with E-state index in [0.717, 1.165) is 12.2 Å². The first-order valence-electron chi connectivity index (χ1n) is 5.42. The van der Waals surface area contributed by atoms with Gasteiger partial charge in [-0.3, -0.25) is 5.43 Å². The molecular formula is C10H24N4OS. The minimum absolute atomic E-state index is 0.188. The highest BCUT2D eigenvalue weighted by Crippen LogP contribution is 2.03. The molecule has 0 aromatic rings. The molecule has 4 N–H and O–H groups in total. The first kappa shape index (κ1) is 15.5. The van der Waals surface area contributed by atoms with Crippen LogP contribution in [0.15, 0.2) is 4.99 Å². The first-order valence-corrected chi connectivity index (χ1v) is 6.82. The number of methoxy groups -OCH3 is 1. The van der Waals surface area contributed by atoms with E-state index in [2.05, 4.69) is 28.9 Å². The van der Waals surface area contributed by atoms with Crippen molar-refractivity contribution in [1.29, 1.82) is 0 Å². The van der Waals surface area contributed by atoms with Gasteiger partial charge in [-0.15, -0.1) is 0 Å². The van der Waals surface area contributed by atoms with Crippen LogP contribution in [0, 0.1) is 0 Å². The molecule has 0 heterocycles. The van der Waals surface area contributed by atoms with Gasteiger partial charge in [-0.2, -0.15) is 11.8 Å². The van der Waals surface area contributed by atoms with E-state index in [1.54, 1.807) is 7.11 Å². The molecule has 2 atom stereocenters. The van der Waals surface area contributed by atoms with Crippen LogP contribution in [-0.2, 0) is 4.74 Å². The summed E-state index contributed by atoms with van der Waals surface area (Å²) in [6.07, 6.45) is 3.14. The van der Waals surface area contributed by atoms with E-state index in [1.165, 1.54) is 0 Å². The maximum atomic E-state index is 5.40. The van der Waals surface area contributed by atoms with Crippen molar-refractivity contribution in [2.75, 3.05) is 25.7 Å². The van der Waals surface area contributed by atoms with E-state index in [4.69, 9.17) is 10.6 Å². The fourth-order valence-corrected chi connectivity index (χ4v) is 1.79. The molecule has 0 aliphatic rings. The Hall–Kier alpha value is -0.460. The van der Waals surface area contributed by atoms with Crippen LogP contribution in [0.3, 0.4) is 0 Å². The molecular weight excluding hydrogens is 224 g/mol. The van der Waals surface area contributed by atoms with Crippen LogP contribution in [0.2, 0.25) is 0 Å². The largest absolute Gasteiger partial charge is 0.383 e. The number of nitrogens with zero attached hydrogens (tertiary/aromatic N) is 1. The number of aliphatic imine (C=N–C) groups is 1. The second kappa shape index (κ2) is 9.74. The summed E-state index contributed by atoms with van der Waals surface area (Å²) in [4.78, 5) is 4.46. The van der Waals surface area contributed by atoms with Gasteiger partial charge in [0.25, 0.3) is 0 Å². The van der Waals surface area contributed by atoms with Gasteiger partial charge < -0.3 is 10.1 Å². The molecule has 16 heavy (non-hydrogen) atoms. The topological polar surface area (TPSA) is 71.7 Å². The summed E-state index contributed by atoms with van der Waals surface area (Å²) in [7, 11) is 1.67. The third kappa shape index (κ3) is 7.78. The number of guanidine groups is 1. The van der Waals surface area contributed by atoms with Gasteiger partial charge in [0.15, 0.2) is 0 Å². The Bertz CT molecular complexity index is 201. The molecule has 6 heteroatoms. The summed E-state index contributed by atoms with van der Waals surface area (Å²) >= 11 is 1.83. The average Bonchev–Trinajstić information content (AvgIpc) is 2.25. The highest BCUT2D eigenvalue weighted by molar-refractivity contribution is 7.98. The summed E-state index contributed by atoms with van der Waals surface area (Å²) in [5, 5.41) is 3.16. The fourth-order valence-electron chi connectivity index (χ4n) is 1.21. The predicted octanol–water partition coefficient (Wildman–Crippen LogP) is 0.572. The van der Waals surface area contributed by atoms with Gasteiger partial charge >= 0.3 is 0 Å². The lowest BCUT2D eigenvalue weighted by molar-refractivity contribution is 0.179. The van der Waals surface area contributed by atoms with Gasteiger partial charge in [0.05, 0.1) is 12.6 Å². The van der Waals surface area contributed by atoms with E-state index in [9.17, 15) is 0 Å². The van der Waals surface area contributed by atoms with Crippen LogP contribution >= 0.6 is 11.8 Å². The normalized spacial score (nSPS) is 15.7. The first-order chi connectivity index (χ1) is 7.63. The SMILES string of the molecule is COCC(C)NC(=NC(C)CCSC)NN. The van der Waals surface area contributed by atoms with E-state index in [-0.39, 0.29) is 12.1 Å². The monoisotopic (exact) mass is 248 g/mol. The van der Waals surface area contributed by atoms with E-state index in [0.29, 0.717) is 12.6 Å². The lowest BCUT2D eigenvalue weighted by atomic mass is 10.3. The molecule has 0 aromatic heterocycles. The Balaban J connectivity index is 4.08. The molecule has 0 spiro atoms. The molecule has 0 aromatic carbocycles. The van der Waals surface area contributed by atoms with Gasteiger partial charge in [0, 0.05) is 13.2 Å². The second-order valence-corrected chi connectivity index (χ2v) is 4.74. The van der Waals surface area contributed by atoms with Gasteiger partial charge in [-0.05, 0) is 32.3 Å². The molecule has 0 radical (unpaired) electrons. The predicted molar refractivity (Wildman–Crippen MR) is 71.7 cm³/mol. The molecule has 0 aliphatic carbocycles. The Morgan fingerprint density at radius 1 is 1.50 bits per heavy atom. The highest BCUT2D eigenvalue weighted by Gasteiger charge is 2.06. The van der Waals surface area contributed by atoms with Crippen molar-refractivity contribution < 1.29 is 4.74 Å². The van der Waals surface area contributed by atoms with Crippen LogP contribution in [0.4, 0.5) is 0 Å². The van der Waals surface area contributed by atoms with Gasteiger partial charge in [0.1, 0.15) is 0 Å². The number of hydrogen-bond acceptors (Lipinski definition) is 4. The summed E-state index contributed by atoms with van der Waals surface area (Å²) < 4.78 is 5.03. The van der Waals surface area contributed by atoms with Crippen molar-refractivity contribution in [3.05, 3.63) is 0 Å². The van der Waals surface area contributed by atoms with Crippen LogP contribution in [0.1, 0.15) is 20.3 Å². The Kier molecular flexibility index (Phi) is 9.46. The smallest absolute Gasteiger partial charge is 0.206 e.